The van der Waals surface area contributed by atoms with E-state index in [9.17, 15) is 16.4 Å². The highest BCUT2D eigenvalue weighted by atomic mass is 15.1. The molecule has 1 aliphatic rings. The van der Waals surface area contributed by atoms with Gasteiger partial charge in [-0.15, -0.1) is 0 Å². The molecule has 0 atom stereocenters. The second kappa shape index (κ2) is 15.4. The zero-order valence-electron chi connectivity index (χ0n) is 54.3. The second-order valence-corrected chi connectivity index (χ2v) is 15.3. The van der Waals surface area contributed by atoms with E-state index in [-0.39, 0.29) is 16.7 Å². The Bertz CT molecular complexity index is 4360. The predicted octanol–water partition coefficient (Wildman–Crippen LogP) is 17.0. The molecule has 0 unspecified atom stereocenters. The molecule has 11 rings (SSSR count). The van der Waals surface area contributed by atoms with E-state index < -0.39 is 172 Å². The Morgan fingerprint density at radius 2 is 0.806 bits per heavy atom. The van der Waals surface area contributed by atoms with Crippen molar-refractivity contribution in [2.24, 2.45) is 0 Å². The van der Waals surface area contributed by atoms with Gasteiger partial charge in [0.25, 0.3) is 0 Å². The molecule has 10 aromatic carbocycles. The molecular formula is C61H45N. The number of nitrogens with zero attached hydrogens (tertiary/aromatic N) is 1. The van der Waals surface area contributed by atoms with Crippen molar-refractivity contribution in [2.45, 2.75) is 19.3 Å². The van der Waals surface area contributed by atoms with Crippen LogP contribution in [0.5, 0.6) is 0 Å². The van der Waals surface area contributed by atoms with E-state index in [2.05, 4.69) is 0 Å². The fourth-order valence-corrected chi connectivity index (χ4v) is 8.31. The van der Waals surface area contributed by atoms with Crippen molar-refractivity contribution in [3.05, 3.63) is 247 Å². The van der Waals surface area contributed by atoms with E-state index in [1.165, 1.54) is 0 Å². The zero-order chi connectivity index (χ0) is 59.9. The van der Waals surface area contributed by atoms with Crippen molar-refractivity contribution < 1.29 is 28.8 Å². The van der Waals surface area contributed by atoms with Crippen LogP contribution in [0.3, 0.4) is 0 Å². The van der Waals surface area contributed by atoms with Gasteiger partial charge in [-0.25, -0.2) is 0 Å². The molecule has 0 N–H and O–H groups in total. The van der Waals surface area contributed by atoms with Gasteiger partial charge >= 0.3 is 0 Å². The maximum atomic E-state index is 9.84. The molecule has 0 bridgehead atoms. The summed E-state index contributed by atoms with van der Waals surface area (Å²) in [6, 6.07) is 15.1. The quantitative estimate of drug-likeness (QED) is 0.148. The Hall–Kier alpha value is -7.74. The van der Waals surface area contributed by atoms with Crippen LogP contribution >= 0.6 is 0 Å². The molecule has 1 aliphatic carbocycles. The molecule has 62 heavy (non-hydrogen) atoms. The Morgan fingerprint density at radius 1 is 0.355 bits per heavy atom. The van der Waals surface area contributed by atoms with E-state index in [4.69, 9.17) is 12.3 Å². The molecular weight excluding hydrogens is 747 g/mol. The van der Waals surface area contributed by atoms with Gasteiger partial charge in [-0.3, -0.25) is 0 Å². The average molecular weight is 813 g/mol. The van der Waals surface area contributed by atoms with Crippen LogP contribution in [0.15, 0.2) is 236 Å². The van der Waals surface area contributed by atoms with E-state index >= 15 is 0 Å². The van der Waals surface area contributed by atoms with E-state index in [0.29, 0.717) is 21.6 Å². The molecule has 0 fully saturated rings. The summed E-state index contributed by atoms with van der Waals surface area (Å²) in [7, 11) is 0. The minimum atomic E-state index is -1.07. The highest BCUT2D eigenvalue weighted by molar-refractivity contribution is 5.97. The van der Waals surface area contributed by atoms with E-state index in [1.54, 1.807) is 30.3 Å². The van der Waals surface area contributed by atoms with Crippen molar-refractivity contribution in [1.82, 2.24) is 0 Å². The van der Waals surface area contributed by atoms with E-state index in [0.717, 1.165) is 33.0 Å². The van der Waals surface area contributed by atoms with Gasteiger partial charge in [0, 0.05) is 22.5 Å². The molecule has 0 amide bonds. The van der Waals surface area contributed by atoms with E-state index in [1.807, 2.05) is 92.7 Å². The molecule has 294 valence electrons. The van der Waals surface area contributed by atoms with Crippen LogP contribution < -0.4 is 4.90 Å². The van der Waals surface area contributed by atoms with Gasteiger partial charge in [0.2, 0.25) is 0 Å². The van der Waals surface area contributed by atoms with Crippen LogP contribution in [-0.2, 0) is 5.41 Å². The first-order valence-electron chi connectivity index (χ1n) is 30.4. The number of hydrogen-bond acceptors (Lipinski definition) is 1. The molecule has 1 heteroatoms. The molecule has 0 heterocycles. The highest BCUT2D eigenvalue weighted by Crippen LogP contribution is 2.52. The first-order chi connectivity index (χ1) is 39.3. The third-order valence-corrected chi connectivity index (χ3v) is 11.2. The molecule has 0 radical (unpaired) electrons. The highest BCUT2D eigenvalue weighted by Gasteiger charge is 2.37. The number of anilines is 3. The van der Waals surface area contributed by atoms with Crippen LogP contribution in [-0.4, -0.2) is 0 Å². The average Bonchev–Trinajstić information content (AvgIpc) is 3.93. The Balaban J connectivity index is 1.18. The third kappa shape index (κ3) is 6.60. The fourth-order valence-electron chi connectivity index (χ4n) is 8.31. The molecule has 0 aromatic heterocycles. The number of hydrogen-bond donors (Lipinski definition) is 0. The zero-order valence-corrected chi connectivity index (χ0v) is 33.3. The molecule has 0 saturated heterocycles. The molecule has 10 aromatic rings. The summed E-state index contributed by atoms with van der Waals surface area (Å²) >= 11 is 0. The minimum absolute atomic E-state index is 0.146. The molecule has 0 saturated carbocycles. The number of fused-ring (bicyclic) bond motifs is 4. The minimum Gasteiger partial charge on any atom is -0.311 e. The van der Waals surface area contributed by atoms with Gasteiger partial charge in [0.1, 0.15) is 0 Å². The monoisotopic (exact) mass is 812 g/mol. The van der Waals surface area contributed by atoms with Crippen molar-refractivity contribution >= 4 is 27.8 Å². The van der Waals surface area contributed by atoms with Crippen molar-refractivity contribution in [3.63, 3.8) is 0 Å². The van der Waals surface area contributed by atoms with Gasteiger partial charge in [0.05, 0.1) is 28.8 Å². The van der Waals surface area contributed by atoms with Crippen LogP contribution in [0.2, 0.25) is 0 Å². The smallest absolute Gasteiger partial charge is 0.0645 e. The summed E-state index contributed by atoms with van der Waals surface area (Å²) in [4.78, 5) is 0.651. The topological polar surface area (TPSA) is 3.24 Å². The van der Waals surface area contributed by atoms with Crippen molar-refractivity contribution in [3.8, 4) is 66.8 Å². The SMILES string of the molecule is [2H]c1c([2H])c([2H])c(-c2c([2H])c([2H])c(-c3c([2H])c([2H])c(N(c4c([2H])c([2H])c(-c5cccc(-c6cccc7ccccc67)c5)c([2H])c4[2H])c4c([2H])c([2H])c(-c5cccc6c5C(C)(C)c5ccccc5-6)c([2H])c4[2H])c([2H])c3[2H])c([2H])c2[2H])c([2H])c1[2H]. The van der Waals surface area contributed by atoms with Crippen molar-refractivity contribution in [2.75, 3.05) is 4.90 Å². The van der Waals surface area contributed by atoms with Crippen LogP contribution in [0.25, 0.3) is 77.5 Å². The van der Waals surface area contributed by atoms with Gasteiger partial charge in [0.15, 0.2) is 0 Å². The summed E-state index contributed by atoms with van der Waals surface area (Å²) in [5.41, 5.74) is -1.03. The maximum Gasteiger partial charge on any atom is 0.0645 e. The lowest BCUT2D eigenvalue weighted by molar-refractivity contribution is 0.662. The van der Waals surface area contributed by atoms with Gasteiger partial charge in [-0.2, -0.15) is 0 Å². The second-order valence-electron chi connectivity index (χ2n) is 15.3. The molecule has 0 aliphatic heterocycles. The molecule has 1 nitrogen and oxygen atoms in total. The lowest BCUT2D eigenvalue weighted by atomic mass is 9.79. The first-order valence-corrected chi connectivity index (χ1v) is 19.9. The Labute approximate surface area is 394 Å². The van der Waals surface area contributed by atoms with Crippen LogP contribution in [0, 0.1) is 0 Å². The van der Waals surface area contributed by atoms with Crippen LogP contribution in [0.4, 0.5) is 17.1 Å². The lowest BCUT2D eigenvalue weighted by Crippen LogP contribution is -2.16. The summed E-state index contributed by atoms with van der Waals surface area (Å²) < 4.78 is 194. The third-order valence-electron chi connectivity index (χ3n) is 11.2. The summed E-state index contributed by atoms with van der Waals surface area (Å²) in [5, 5.41) is 1.85. The molecule has 0 spiro atoms. The number of benzene rings is 10. The van der Waals surface area contributed by atoms with Crippen LogP contribution in [0.1, 0.15) is 53.8 Å². The number of rotatable bonds is 8. The first kappa shape index (κ1) is 21.2. The van der Waals surface area contributed by atoms with Gasteiger partial charge < -0.3 is 4.90 Å². The summed E-state index contributed by atoms with van der Waals surface area (Å²) in [6.07, 6.45) is 0. The normalized spacial score (nSPS) is 17.2. The summed E-state index contributed by atoms with van der Waals surface area (Å²) in [6.45, 7) is 3.95. The standard InChI is InChI=1S/C61H45N/c1-61(2)59-24-9-8-20-57(59)58-23-12-22-56(60(58)61)48-33-39-53(40-34-48)62(51-35-29-45(30-36-51)44-27-25-43(26-28-44)42-13-4-3-5-14-42)52-37-31-46(32-38-52)49-17-10-18-50(41-49)55-21-11-16-47-15-6-7-19-54(47)55/h3-41H,1-2H3/i3D,4D,5D,13D,14D,25D,26D,27D,28D,29D,30D,31D,32D,33D,34D,35D,36D,37D,38D,39D,40D. The predicted molar refractivity (Wildman–Crippen MR) is 263 cm³/mol. The van der Waals surface area contributed by atoms with Crippen molar-refractivity contribution in [1.29, 1.82) is 0 Å². The maximum absolute atomic E-state index is 9.84. The Morgan fingerprint density at radius 3 is 1.48 bits per heavy atom. The lowest BCUT2D eigenvalue weighted by Gasteiger charge is -2.27. The van der Waals surface area contributed by atoms with Gasteiger partial charge in [-0.1, -0.05) is 208 Å². The Kier molecular flexibility index (Phi) is 5.25. The van der Waals surface area contributed by atoms with Gasteiger partial charge in [-0.05, 0) is 131 Å². The summed E-state index contributed by atoms with van der Waals surface area (Å²) in [5.74, 6) is 0. The largest absolute Gasteiger partial charge is 0.311 e. The fraction of sp³-hybridized carbons (Fsp3) is 0.0492.